The molecule has 6 nitrogen and oxygen atoms in total. The van der Waals surface area contributed by atoms with Gasteiger partial charge in [0.25, 0.3) is 0 Å². The first-order chi connectivity index (χ1) is 13.7. The maximum absolute atomic E-state index is 12.4. The second kappa shape index (κ2) is 7.92. The molecule has 1 aromatic carbocycles. The number of ether oxygens (including phenoxy) is 1. The van der Waals surface area contributed by atoms with E-state index in [1.165, 1.54) is 0 Å². The van der Waals surface area contributed by atoms with Gasteiger partial charge in [0.1, 0.15) is 5.60 Å². The van der Waals surface area contributed by atoms with E-state index in [4.69, 9.17) is 25.6 Å². The number of hydrogen-bond acceptors (Lipinski definition) is 5. The van der Waals surface area contributed by atoms with Crippen LogP contribution in [-0.4, -0.2) is 61.1 Å². The Morgan fingerprint density at radius 3 is 2.10 bits per heavy atom. The molecule has 8 heteroatoms. The van der Waals surface area contributed by atoms with E-state index < -0.39 is 23.9 Å². The van der Waals surface area contributed by atoms with Gasteiger partial charge in [-0.05, 0) is 78.5 Å². The number of halogens is 1. The van der Waals surface area contributed by atoms with Crippen molar-refractivity contribution in [1.29, 1.82) is 0 Å². The third-order valence-corrected chi connectivity index (χ3v) is 6.38. The first kappa shape index (κ1) is 23.2. The van der Waals surface area contributed by atoms with Crippen molar-refractivity contribution >= 4 is 36.0 Å². The van der Waals surface area contributed by atoms with Gasteiger partial charge in [0.05, 0.1) is 11.2 Å². The Morgan fingerprint density at radius 2 is 1.60 bits per heavy atom. The normalized spacial score (nSPS) is 21.2. The molecule has 0 atom stereocenters. The van der Waals surface area contributed by atoms with Crippen molar-refractivity contribution < 1.29 is 18.8 Å². The van der Waals surface area contributed by atoms with Gasteiger partial charge in [-0.3, -0.25) is 0 Å². The standard InChI is InChI=1S/C22H34BClN2O4/c1-15-17(23-29-21(5,6)22(7,8)30-23)13-16(24)14-18(15)25-9-11-26(12-10-25)19(27)28-20(2,3)4/h13-14H,9-12H2,1-8H3. The molecule has 166 valence electrons. The fourth-order valence-electron chi connectivity index (χ4n) is 3.68. The number of piperazine rings is 1. The number of anilines is 1. The number of benzene rings is 1. The van der Waals surface area contributed by atoms with Crippen LogP contribution in [0.15, 0.2) is 12.1 Å². The smallest absolute Gasteiger partial charge is 0.444 e. The van der Waals surface area contributed by atoms with Crippen LogP contribution in [-0.2, 0) is 14.0 Å². The van der Waals surface area contributed by atoms with Gasteiger partial charge >= 0.3 is 13.2 Å². The van der Waals surface area contributed by atoms with E-state index in [1.54, 1.807) is 4.90 Å². The van der Waals surface area contributed by atoms with E-state index in [9.17, 15) is 4.79 Å². The summed E-state index contributed by atoms with van der Waals surface area (Å²) in [4.78, 5) is 16.4. The van der Waals surface area contributed by atoms with E-state index in [1.807, 2.05) is 60.6 Å². The van der Waals surface area contributed by atoms with Crippen LogP contribution in [0.4, 0.5) is 10.5 Å². The van der Waals surface area contributed by atoms with Crippen LogP contribution in [0, 0.1) is 6.92 Å². The van der Waals surface area contributed by atoms with Crippen molar-refractivity contribution in [3.8, 4) is 0 Å². The highest BCUT2D eigenvalue weighted by atomic mass is 35.5. The highest BCUT2D eigenvalue weighted by Gasteiger charge is 2.52. The Hall–Kier alpha value is -1.44. The fraction of sp³-hybridized carbons (Fsp3) is 0.682. The molecule has 0 unspecified atom stereocenters. The summed E-state index contributed by atoms with van der Waals surface area (Å²) in [5, 5.41) is 0.648. The summed E-state index contributed by atoms with van der Waals surface area (Å²) in [6, 6.07) is 3.91. The lowest BCUT2D eigenvalue weighted by Gasteiger charge is -2.37. The molecule has 30 heavy (non-hydrogen) atoms. The van der Waals surface area contributed by atoms with Crippen molar-refractivity contribution in [1.82, 2.24) is 4.90 Å². The molecule has 2 saturated heterocycles. The van der Waals surface area contributed by atoms with Gasteiger partial charge in [0.15, 0.2) is 0 Å². The molecule has 0 bridgehead atoms. The Balaban J connectivity index is 1.77. The third kappa shape index (κ3) is 4.73. The number of rotatable bonds is 2. The molecule has 0 aromatic heterocycles. The zero-order chi connectivity index (χ0) is 22.5. The Bertz CT molecular complexity index is 798. The summed E-state index contributed by atoms with van der Waals surface area (Å²) in [6.07, 6.45) is -0.261. The molecule has 2 fully saturated rings. The number of amides is 1. The summed E-state index contributed by atoms with van der Waals surface area (Å²) >= 11 is 6.49. The van der Waals surface area contributed by atoms with Crippen LogP contribution >= 0.6 is 11.6 Å². The second-order valence-corrected chi connectivity index (χ2v) is 10.6. The topological polar surface area (TPSA) is 51.2 Å². The van der Waals surface area contributed by atoms with Crippen LogP contribution in [0.2, 0.25) is 5.02 Å². The van der Waals surface area contributed by atoms with Crippen LogP contribution in [0.3, 0.4) is 0 Å². The van der Waals surface area contributed by atoms with Crippen molar-refractivity contribution in [3.63, 3.8) is 0 Å². The Labute approximate surface area is 185 Å². The summed E-state index contributed by atoms with van der Waals surface area (Å²) in [5.41, 5.74) is 1.78. The second-order valence-electron chi connectivity index (χ2n) is 10.2. The lowest BCUT2D eigenvalue weighted by atomic mass is 9.75. The van der Waals surface area contributed by atoms with E-state index in [0.29, 0.717) is 31.2 Å². The molecule has 2 aliphatic heterocycles. The summed E-state index contributed by atoms with van der Waals surface area (Å²) in [5.74, 6) is 0. The van der Waals surface area contributed by atoms with Crippen molar-refractivity contribution in [2.45, 2.75) is 72.2 Å². The quantitative estimate of drug-likeness (QED) is 0.656. The number of carbonyl (C=O) groups is 1. The monoisotopic (exact) mass is 436 g/mol. The highest BCUT2D eigenvalue weighted by Crippen LogP contribution is 2.37. The van der Waals surface area contributed by atoms with Gasteiger partial charge in [-0.25, -0.2) is 4.79 Å². The van der Waals surface area contributed by atoms with Gasteiger partial charge in [0, 0.05) is 36.9 Å². The molecule has 3 rings (SSSR count). The molecule has 0 aliphatic carbocycles. The molecule has 0 saturated carbocycles. The minimum Gasteiger partial charge on any atom is -0.444 e. The minimum atomic E-state index is -0.491. The first-order valence-corrected chi connectivity index (χ1v) is 11.0. The van der Waals surface area contributed by atoms with Gasteiger partial charge in [-0.1, -0.05) is 11.6 Å². The molecular weight excluding hydrogens is 403 g/mol. The van der Waals surface area contributed by atoms with Crippen LogP contribution in [0.25, 0.3) is 0 Å². The molecule has 2 heterocycles. The predicted molar refractivity (Wildman–Crippen MR) is 122 cm³/mol. The van der Waals surface area contributed by atoms with Gasteiger partial charge in [0.2, 0.25) is 0 Å². The van der Waals surface area contributed by atoms with Crippen molar-refractivity contribution in [2.24, 2.45) is 0 Å². The molecule has 1 amide bonds. The SMILES string of the molecule is Cc1c(B2OC(C)(C)C(C)(C)O2)cc(Cl)cc1N1CCN(C(=O)OC(C)(C)C)CC1. The van der Waals surface area contributed by atoms with Crippen LogP contribution in [0.1, 0.15) is 54.0 Å². The largest absolute Gasteiger partial charge is 0.495 e. The van der Waals surface area contributed by atoms with E-state index in [2.05, 4.69) is 11.8 Å². The molecule has 1 aromatic rings. The molecule has 0 radical (unpaired) electrons. The lowest BCUT2D eigenvalue weighted by Crippen LogP contribution is -2.50. The van der Waals surface area contributed by atoms with E-state index in [-0.39, 0.29) is 6.09 Å². The van der Waals surface area contributed by atoms with Gasteiger partial charge in [-0.2, -0.15) is 0 Å². The summed E-state index contributed by atoms with van der Waals surface area (Å²) < 4.78 is 18.0. The Kier molecular flexibility index (Phi) is 6.13. The van der Waals surface area contributed by atoms with Crippen molar-refractivity contribution in [2.75, 3.05) is 31.1 Å². The zero-order valence-electron chi connectivity index (χ0n) is 19.5. The minimum absolute atomic E-state index is 0.261. The molecule has 0 spiro atoms. The predicted octanol–water partition coefficient (Wildman–Crippen LogP) is 4.00. The number of carbonyl (C=O) groups excluding carboxylic acids is 1. The van der Waals surface area contributed by atoms with Gasteiger partial charge in [-0.15, -0.1) is 0 Å². The molecule has 0 N–H and O–H groups in total. The summed E-state index contributed by atoms with van der Waals surface area (Å²) in [7, 11) is -0.462. The average Bonchev–Trinajstić information content (AvgIpc) is 2.83. The van der Waals surface area contributed by atoms with E-state index >= 15 is 0 Å². The van der Waals surface area contributed by atoms with Crippen molar-refractivity contribution in [3.05, 3.63) is 22.7 Å². The van der Waals surface area contributed by atoms with Gasteiger partial charge < -0.3 is 23.8 Å². The maximum atomic E-state index is 12.4. The number of hydrogen-bond donors (Lipinski definition) is 0. The Morgan fingerprint density at radius 1 is 1.07 bits per heavy atom. The number of nitrogens with zero attached hydrogens (tertiary/aromatic N) is 2. The van der Waals surface area contributed by atoms with Crippen LogP contribution in [0.5, 0.6) is 0 Å². The maximum Gasteiger partial charge on any atom is 0.495 e. The molecule has 2 aliphatic rings. The van der Waals surface area contributed by atoms with Crippen LogP contribution < -0.4 is 10.4 Å². The molecular formula is C22H34BClN2O4. The average molecular weight is 437 g/mol. The highest BCUT2D eigenvalue weighted by molar-refractivity contribution is 6.63. The lowest BCUT2D eigenvalue weighted by molar-refractivity contribution is 0.00578. The first-order valence-electron chi connectivity index (χ1n) is 10.6. The summed E-state index contributed by atoms with van der Waals surface area (Å²) in [6.45, 7) is 18.5. The fourth-order valence-corrected chi connectivity index (χ4v) is 3.91. The zero-order valence-corrected chi connectivity index (χ0v) is 20.2. The third-order valence-electron chi connectivity index (χ3n) is 6.16. The van der Waals surface area contributed by atoms with E-state index in [0.717, 1.165) is 16.7 Å².